The molecular formula is C12H17NO4S. The van der Waals surface area contributed by atoms with Crippen molar-refractivity contribution in [2.45, 2.75) is 25.7 Å². The summed E-state index contributed by atoms with van der Waals surface area (Å²) in [6.45, 7) is 4.93. The molecule has 0 radical (unpaired) electrons. The molecule has 0 aliphatic rings. The van der Waals surface area contributed by atoms with Crippen molar-refractivity contribution in [1.29, 1.82) is 0 Å². The van der Waals surface area contributed by atoms with Crippen molar-refractivity contribution in [3.05, 3.63) is 29.3 Å². The van der Waals surface area contributed by atoms with Gasteiger partial charge in [-0.1, -0.05) is 13.0 Å². The van der Waals surface area contributed by atoms with E-state index in [4.69, 9.17) is 5.11 Å². The highest BCUT2D eigenvalue weighted by Gasteiger charge is 2.25. The van der Waals surface area contributed by atoms with Crippen molar-refractivity contribution >= 4 is 16.0 Å². The molecule has 0 fully saturated rings. The molecule has 1 N–H and O–H groups in total. The first-order valence-corrected chi connectivity index (χ1v) is 7.02. The molecule has 0 aromatic heterocycles. The summed E-state index contributed by atoms with van der Waals surface area (Å²) in [6, 6.07) is 4.79. The van der Waals surface area contributed by atoms with E-state index >= 15 is 0 Å². The second-order valence-electron chi connectivity index (χ2n) is 4.07. The van der Waals surface area contributed by atoms with E-state index < -0.39 is 22.5 Å². The zero-order valence-corrected chi connectivity index (χ0v) is 11.5. The standard InChI is InChI=1S/C12H17NO4S/c1-4-13(8-12(14)15)18(16,17)11-6-5-9(2)10(3)7-11/h5-7H,4,8H2,1-3H3,(H,14,15). The number of carboxylic acids is 1. The van der Waals surface area contributed by atoms with Crippen LogP contribution >= 0.6 is 0 Å². The Bertz CT molecular complexity index is 551. The van der Waals surface area contributed by atoms with Gasteiger partial charge in [-0.05, 0) is 37.1 Å². The number of aliphatic carboxylic acids is 1. The maximum absolute atomic E-state index is 12.2. The van der Waals surface area contributed by atoms with Crippen LogP contribution in [-0.4, -0.2) is 36.9 Å². The highest BCUT2D eigenvalue weighted by Crippen LogP contribution is 2.18. The van der Waals surface area contributed by atoms with Crippen LogP contribution in [0.5, 0.6) is 0 Å². The van der Waals surface area contributed by atoms with Crippen molar-refractivity contribution in [3.8, 4) is 0 Å². The van der Waals surface area contributed by atoms with Crippen molar-refractivity contribution in [2.24, 2.45) is 0 Å². The molecule has 18 heavy (non-hydrogen) atoms. The van der Waals surface area contributed by atoms with E-state index in [2.05, 4.69) is 0 Å². The van der Waals surface area contributed by atoms with Crippen LogP contribution in [0.3, 0.4) is 0 Å². The fraction of sp³-hybridized carbons (Fsp3) is 0.417. The van der Waals surface area contributed by atoms with E-state index in [1.807, 2.05) is 13.8 Å². The van der Waals surface area contributed by atoms with Gasteiger partial charge in [0.2, 0.25) is 10.0 Å². The highest BCUT2D eigenvalue weighted by molar-refractivity contribution is 7.89. The SMILES string of the molecule is CCN(CC(=O)O)S(=O)(=O)c1ccc(C)c(C)c1. The number of sulfonamides is 1. The predicted molar refractivity (Wildman–Crippen MR) is 68.0 cm³/mol. The van der Waals surface area contributed by atoms with Crippen molar-refractivity contribution in [3.63, 3.8) is 0 Å². The molecule has 0 saturated carbocycles. The average molecular weight is 271 g/mol. The van der Waals surface area contributed by atoms with Gasteiger partial charge in [0.25, 0.3) is 0 Å². The molecule has 5 nitrogen and oxygen atoms in total. The Morgan fingerprint density at radius 2 is 1.89 bits per heavy atom. The number of hydrogen-bond acceptors (Lipinski definition) is 3. The van der Waals surface area contributed by atoms with Crippen LogP contribution in [0.15, 0.2) is 23.1 Å². The van der Waals surface area contributed by atoms with Crippen LogP contribution in [0, 0.1) is 13.8 Å². The minimum absolute atomic E-state index is 0.127. The molecule has 0 heterocycles. The lowest BCUT2D eigenvalue weighted by Crippen LogP contribution is -2.35. The van der Waals surface area contributed by atoms with Gasteiger partial charge in [0.1, 0.15) is 6.54 Å². The van der Waals surface area contributed by atoms with Crippen molar-refractivity contribution < 1.29 is 18.3 Å². The average Bonchev–Trinajstić information content (AvgIpc) is 2.28. The van der Waals surface area contributed by atoms with Crippen LogP contribution in [-0.2, 0) is 14.8 Å². The molecule has 1 aromatic carbocycles. The van der Waals surface area contributed by atoms with E-state index in [1.165, 1.54) is 6.07 Å². The normalized spacial score (nSPS) is 11.8. The molecule has 0 bridgehead atoms. The zero-order valence-electron chi connectivity index (χ0n) is 10.7. The number of carbonyl (C=O) groups is 1. The fourth-order valence-corrected chi connectivity index (χ4v) is 3.03. The molecule has 0 saturated heterocycles. The molecule has 0 spiro atoms. The van der Waals surface area contributed by atoms with E-state index in [-0.39, 0.29) is 11.4 Å². The van der Waals surface area contributed by atoms with Crippen molar-refractivity contribution in [2.75, 3.05) is 13.1 Å². The van der Waals surface area contributed by atoms with Gasteiger partial charge in [0, 0.05) is 6.54 Å². The molecular weight excluding hydrogens is 254 g/mol. The maximum Gasteiger partial charge on any atom is 0.318 e. The Morgan fingerprint density at radius 1 is 1.28 bits per heavy atom. The molecule has 0 unspecified atom stereocenters. The monoisotopic (exact) mass is 271 g/mol. The smallest absolute Gasteiger partial charge is 0.318 e. The Labute approximate surface area is 107 Å². The first-order chi connectivity index (χ1) is 8.28. The number of carboxylic acid groups (broad SMARTS) is 1. The highest BCUT2D eigenvalue weighted by atomic mass is 32.2. The van der Waals surface area contributed by atoms with Gasteiger partial charge in [-0.15, -0.1) is 0 Å². The van der Waals surface area contributed by atoms with Gasteiger partial charge in [-0.2, -0.15) is 4.31 Å². The topological polar surface area (TPSA) is 74.7 Å². The largest absolute Gasteiger partial charge is 0.480 e. The van der Waals surface area contributed by atoms with Gasteiger partial charge in [-0.25, -0.2) is 8.42 Å². The van der Waals surface area contributed by atoms with Gasteiger partial charge < -0.3 is 5.11 Å². The van der Waals surface area contributed by atoms with Crippen LogP contribution in [0.4, 0.5) is 0 Å². The molecule has 100 valence electrons. The van der Waals surface area contributed by atoms with Crippen LogP contribution in [0.25, 0.3) is 0 Å². The first-order valence-electron chi connectivity index (χ1n) is 5.58. The Kier molecular flexibility index (Phi) is 4.48. The van der Waals surface area contributed by atoms with Gasteiger partial charge >= 0.3 is 5.97 Å². The molecule has 1 rings (SSSR count). The molecule has 1 aromatic rings. The quantitative estimate of drug-likeness (QED) is 0.878. The summed E-state index contributed by atoms with van der Waals surface area (Å²) < 4.78 is 25.4. The lowest BCUT2D eigenvalue weighted by molar-refractivity contribution is -0.137. The fourth-order valence-electron chi connectivity index (χ4n) is 1.54. The summed E-state index contributed by atoms with van der Waals surface area (Å²) >= 11 is 0. The van der Waals surface area contributed by atoms with Crippen molar-refractivity contribution in [1.82, 2.24) is 4.31 Å². The van der Waals surface area contributed by atoms with E-state index in [0.717, 1.165) is 15.4 Å². The number of likely N-dealkylation sites (N-methyl/N-ethyl adjacent to an activating group) is 1. The number of aryl methyl sites for hydroxylation is 2. The molecule has 0 aliphatic carbocycles. The summed E-state index contributed by atoms with van der Waals surface area (Å²) in [5, 5.41) is 8.72. The summed E-state index contributed by atoms with van der Waals surface area (Å²) in [6.07, 6.45) is 0. The van der Waals surface area contributed by atoms with E-state index in [1.54, 1.807) is 19.1 Å². The Morgan fingerprint density at radius 3 is 2.33 bits per heavy atom. The number of benzene rings is 1. The van der Waals surface area contributed by atoms with Crippen LogP contribution < -0.4 is 0 Å². The number of rotatable bonds is 5. The second kappa shape index (κ2) is 5.49. The molecule has 0 atom stereocenters. The third kappa shape index (κ3) is 3.08. The van der Waals surface area contributed by atoms with Gasteiger partial charge in [0.05, 0.1) is 4.90 Å². The third-order valence-corrected chi connectivity index (χ3v) is 4.70. The lowest BCUT2D eigenvalue weighted by Gasteiger charge is -2.18. The minimum Gasteiger partial charge on any atom is -0.480 e. The summed E-state index contributed by atoms with van der Waals surface area (Å²) in [7, 11) is -3.73. The van der Waals surface area contributed by atoms with E-state index in [0.29, 0.717) is 0 Å². The second-order valence-corrected chi connectivity index (χ2v) is 6.01. The number of nitrogens with zero attached hydrogens (tertiary/aromatic N) is 1. The van der Waals surface area contributed by atoms with Gasteiger partial charge in [0.15, 0.2) is 0 Å². The molecule has 0 amide bonds. The third-order valence-electron chi connectivity index (χ3n) is 2.78. The predicted octanol–water partition coefficient (Wildman–Crippen LogP) is 1.40. The summed E-state index contributed by atoms with van der Waals surface area (Å²) in [5.74, 6) is -1.16. The summed E-state index contributed by atoms with van der Waals surface area (Å²) in [5.41, 5.74) is 1.86. The van der Waals surface area contributed by atoms with Gasteiger partial charge in [-0.3, -0.25) is 4.79 Å². The van der Waals surface area contributed by atoms with Crippen LogP contribution in [0.1, 0.15) is 18.1 Å². The molecule has 6 heteroatoms. The van der Waals surface area contributed by atoms with E-state index in [9.17, 15) is 13.2 Å². The minimum atomic E-state index is -3.73. The zero-order chi connectivity index (χ0) is 13.9. The lowest BCUT2D eigenvalue weighted by atomic mass is 10.1. The summed E-state index contributed by atoms with van der Waals surface area (Å²) in [4.78, 5) is 10.8. The Balaban J connectivity index is 3.18. The maximum atomic E-state index is 12.2. The Hall–Kier alpha value is -1.40. The first kappa shape index (κ1) is 14.7. The molecule has 0 aliphatic heterocycles. The van der Waals surface area contributed by atoms with Crippen LogP contribution in [0.2, 0.25) is 0 Å². The number of hydrogen-bond donors (Lipinski definition) is 1.